The number of aliphatic hydroxyl groups is 2. The predicted molar refractivity (Wildman–Crippen MR) is 158 cm³/mol. The average molecular weight is 549 g/mol. The number of esters is 1. The number of hydrogen-bond donors (Lipinski definition) is 2. The van der Waals surface area contributed by atoms with Gasteiger partial charge in [-0.2, -0.15) is 0 Å². The first-order valence-electron chi connectivity index (χ1n) is 13.1. The van der Waals surface area contributed by atoms with E-state index in [0.29, 0.717) is 27.8 Å². The fraction of sp³-hybridized carbons (Fsp3) is 0.143. The molecule has 41 heavy (non-hydrogen) atoms. The zero-order valence-electron chi connectivity index (χ0n) is 22.6. The molecule has 0 saturated heterocycles. The van der Waals surface area contributed by atoms with Gasteiger partial charge < -0.3 is 19.7 Å². The molecule has 6 heteroatoms. The minimum absolute atomic E-state index is 0.0706. The van der Waals surface area contributed by atoms with E-state index in [4.69, 9.17) is 9.47 Å². The Morgan fingerprint density at radius 2 is 1.02 bits per heavy atom. The number of rotatable bonds is 13. The highest BCUT2D eigenvalue weighted by molar-refractivity contribution is 5.97. The van der Waals surface area contributed by atoms with Crippen molar-refractivity contribution >= 4 is 11.8 Å². The summed E-state index contributed by atoms with van der Waals surface area (Å²) in [5.74, 6) is -0.755. The lowest BCUT2D eigenvalue weighted by Gasteiger charge is -2.45. The summed E-state index contributed by atoms with van der Waals surface area (Å²) >= 11 is 0. The Kier molecular flexibility index (Phi) is 9.42. The Morgan fingerprint density at radius 1 is 0.610 bits per heavy atom. The largest absolute Gasteiger partial charge is 0.458 e. The number of carbonyl (C=O) groups excluding carboxylic acids is 2. The summed E-state index contributed by atoms with van der Waals surface area (Å²) in [6.45, 7) is 7.36. The van der Waals surface area contributed by atoms with Gasteiger partial charge in [-0.05, 0) is 34.4 Å². The van der Waals surface area contributed by atoms with E-state index >= 15 is 0 Å². The maximum atomic E-state index is 12.8. The number of benzene rings is 4. The van der Waals surface area contributed by atoms with Gasteiger partial charge in [-0.3, -0.25) is 4.79 Å². The molecule has 2 N–H and O–H groups in total. The third-order valence-electron chi connectivity index (χ3n) is 6.87. The molecule has 6 nitrogen and oxygen atoms in total. The summed E-state index contributed by atoms with van der Waals surface area (Å²) in [6.07, 6.45) is 3.05. The second kappa shape index (κ2) is 13.2. The van der Waals surface area contributed by atoms with Crippen LogP contribution in [0.3, 0.4) is 0 Å². The van der Waals surface area contributed by atoms with Crippen molar-refractivity contribution in [2.75, 3.05) is 19.8 Å². The van der Waals surface area contributed by atoms with Crippen LogP contribution in [0, 0.1) is 0 Å². The van der Waals surface area contributed by atoms with Crippen LogP contribution in [0.2, 0.25) is 0 Å². The third-order valence-corrected chi connectivity index (χ3v) is 6.87. The molecule has 4 rings (SSSR count). The molecule has 0 aliphatic heterocycles. The number of ether oxygens (including phenoxy) is 2. The lowest BCUT2D eigenvalue weighted by atomic mass is 9.66. The van der Waals surface area contributed by atoms with Crippen LogP contribution in [0.15, 0.2) is 135 Å². The SMILES string of the molecule is C=CCOCC(=O)c1ccc(C(O)(c2ccccc2)C(O)(c2ccccc2)c2ccc(C(=O)OCC=C)cc2)cc1. The van der Waals surface area contributed by atoms with E-state index in [1.165, 1.54) is 6.08 Å². The summed E-state index contributed by atoms with van der Waals surface area (Å²) in [4.78, 5) is 25.0. The normalized spacial score (nSPS) is 13.8. The van der Waals surface area contributed by atoms with Gasteiger partial charge in [-0.15, -0.1) is 6.58 Å². The number of ketones is 1. The summed E-state index contributed by atoms with van der Waals surface area (Å²) in [5, 5.41) is 25.6. The van der Waals surface area contributed by atoms with Gasteiger partial charge in [0, 0.05) is 5.56 Å². The van der Waals surface area contributed by atoms with E-state index in [1.807, 2.05) is 12.1 Å². The predicted octanol–water partition coefficient (Wildman–Crippen LogP) is 5.59. The molecule has 2 unspecified atom stereocenters. The molecule has 2 atom stereocenters. The average Bonchev–Trinajstić information content (AvgIpc) is 3.03. The molecular formula is C35H32O6. The van der Waals surface area contributed by atoms with Crippen molar-refractivity contribution in [1.29, 1.82) is 0 Å². The molecule has 0 saturated carbocycles. The zero-order valence-corrected chi connectivity index (χ0v) is 22.6. The van der Waals surface area contributed by atoms with Gasteiger partial charge >= 0.3 is 5.97 Å². The lowest BCUT2D eigenvalue weighted by molar-refractivity contribution is -0.113. The molecule has 0 radical (unpaired) electrons. The van der Waals surface area contributed by atoms with Crippen molar-refractivity contribution in [1.82, 2.24) is 0 Å². The fourth-order valence-electron chi connectivity index (χ4n) is 4.81. The Morgan fingerprint density at radius 3 is 1.46 bits per heavy atom. The van der Waals surface area contributed by atoms with Crippen LogP contribution in [0.5, 0.6) is 0 Å². The van der Waals surface area contributed by atoms with Crippen LogP contribution in [-0.2, 0) is 20.7 Å². The van der Waals surface area contributed by atoms with E-state index in [-0.39, 0.29) is 31.2 Å². The molecule has 0 aliphatic rings. The van der Waals surface area contributed by atoms with Gasteiger partial charge in [-0.25, -0.2) is 4.79 Å². The molecule has 4 aromatic carbocycles. The zero-order chi connectivity index (χ0) is 29.3. The summed E-state index contributed by atoms with van der Waals surface area (Å²) in [7, 11) is 0. The van der Waals surface area contributed by atoms with Gasteiger partial charge in [-0.1, -0.05) is 116 Å². The van der Waals surface area contributed by atoms with Crippen molar-refractivity contribution in [3.8, 4) is 0 Å². The summed E-state index contributed by atoms with van der Waals surface area (Å²) < 4.78 is 10.4. The highest BCUT2D eigenvalue weighted by Crippen LogP contribution is 2.49. The molecule has 0 amide bonds. The quantitative estimate of drug-likeness (QED) is 0.0980. The Labute approximate surface area is 239 Å². The highest BCUT2D eigenvalue weighted by atomic mass is 16.5. The van der Waals surface area contributed by atoms with Crippen LogP contribution in [-0.4, -0.2) is 41.8 Å². The smallest absolute Gasteiger partial charge is 0.338 e. The minimum Gasteiger partial charge on any atom is -0.458 e. The highest BCUT2D eigenvalue weighted by Gasteiger charge is 2.54. The van der Waals surface area contributed by atoms with Crippen molar-refractivity contribution < 1.29 is 29.3 Å². The maximum absolute atomic E-state index is 12.8. The van der Waals surface area contributed by atoms with E-state index in [0.717, 1.165) is 0 Å². The second-order valence-corrected chi connectivity index (χ2v) is 9.42. The molecule has 0 bridgehead atoms. The molecule has 0 heterocycles. The Balaban J connectivity index is 1.88. The van der Waals surface area contributed by atoms with Crippen molar-refractivity contribution in [2.45, 2.75) is 11.2 Å². The molecule has 0 aromatic heterocycles. The molecule has 0 aliphatic carbocycles. The molecule has 0 spiro atoms. The van der Waals surface area contributed by atoms with Crippen molar-refractivity contribution in [3.05, 3.63) is 168 Å². The van der Waals surface area contributed by atoms with E-state index < -0.39 is 17.2 Å². The molecule has 208 valence electrons. The summed E-state index contributed by atoms with van der Waals surface area (Å²) in [6, 6.07) is 30.4. The maximum Gasteiger partial charge on any atom is 0.338 e. The van der Waals surface area contributed by atoms with Crippen LogP contribution >= 0.6 is 0 Å². The molecule has 0 fully saturated rings. The van der Waals surface area contributed by atoms with Gasteiger partial charge in [0.05, 0.1) is 12.2 Å². The monoisotopic (exact) mass is 548 g/mol. The van der Waals surface area contributed by atoms with E-state index in [9.17, 15) is 19.8 Å². The van der Waals surface area contributed by atoms with Crippen LogP contribution < -0.4 is 0 Å². The number of hydrogen-bond acceptors (Lipinski definition) is 6. The van der Waals surface area contributed by atoms with Crippen LogP contribution in [0.1, 0.15) is 43.0 Å². The fourth-order valence-corrected chi connectivity index (χ4v) is 4.81. The van der Waals surface area contributed by atoms with E-state index in [1.54, 1.807) is 103 Å². The van der Waals surface area contributed by atoms with E-state index in [2.05, 4.69) is 13.2 Å². The summed E-state index contributed by atoms with van der Waals surface area (Å²) in [5.41, 5.74) is -1.82. The number of Topliss-reactive ketones (excluding diaryl/α,β-unsaturated/α-hetero) is 1. The first-order chi connectivity index (χ1) is 19.9. The topological polar surface area (TPSA) is 93.1 Å². The standard InChI is InChI=1S/C35H32O6/c1-3-23-40-25-32(36)26-15-19-30(20-16-26)34(38,28-11-7-5-8-12-28)35(39,29-13-9-6-10-14-29)31-21-17-27(18-22-31)33(37)41-24-4-2/h3-22,38-39H,1-2,23-25H2. The van der Waals surface area contributed by atoms with Gasteiger partial charge in [0.15, 0.2) is 17.0 Å². The number of carbonyl (C=O) groups is 2. The second-order valence-electron chi connectivity index (χ2n) is 9.42. The Bertz CT molecular complexity index is 1480. The minimum atomic E-state index is -2.03. The van der Waals surface area contributed by atoms with Crippen molar-refractivity contribution in [2.24, 2.45) is 0 Å². The van der Waals surface area contributed by atoms with Gasteiger partial charge in [0.1, 0.15) is 13.2 Å². The molecular weight excluding hydrogens is 516 g/mol. The van der Waals surface area contributed by atoms with Crippen LogP contribution in [0.25, 0.3) is 0 Å². The third kappa shape index (κ3) is 5.95. The molecule has 4 aromatic rings. The van der Waals surface area contributed by atoms with Crippen molar-refractivity contribution in [3.63, 3.8) is 0 Å². The Hall–Kier alpha value is -4.62. The van der Waals surface area contributed by atoms with Gasteiger partial charge in [0.2, 0.25) is 0 Å². The lowest BCUT2D eigenvalue weighted by Crippen LogP contribution is -2.51. The van der Waals surface area contributed by atoms with Crippen LogP contribution in [0.4, 0.5) is 0 Å². The first-order valence-corrected chi connectivity index (χ1v) is 13.1. The van der Waals surface area contributed by atoms with Gasteiger partial charge in [0.25, 0.3) is 0 Å². The first kappa shape index (κ1) is 29.4.